The maximum atomic E-state index is 12.2. The van der Waals surface area contributed by atoms with E-state index in [1.807, 2.05) is 18.7 Å². The molecule has 0 spiro atoms. The lowest BCUT2D eigenvalue weighted by Gasteiger charge is -2.49. The summed E-state index contributed by atoms with van der Waals surface area (Å²) in [4.78, 5) is 25.9. The van der Waals surface area contributed by atoms with Gasteiger partial charge in [0.2, 0.25) is 11.8 Å². The summed E-state index contributed by atoms with van der Waals surface area (Å²) in [6, 6.07) is 0.423. The Morgan fingerprint density at radius 2 is 2.11 bits per heavy atom. The van der Waals surface area contributed by atoms with Crippen molar-refractivity contribution in [2.24, 2.45) is 11.3 Å². The van der Waals surface area contributed by atoms with E-state index in [-0.39, 0.29) is 35.3 Å². The highest BCUT2D eigenvalue weighted by atomic mass is 16.3. The smallest absolute Gasteiger partial charge is 0.225 e. The van der Waals surface area contributed by atoms with E-state index in [9.17, 15) is 14.7 Å². The van der Waals surface area contributed by atoms with E-state index in [2.05, 4.69) is 5.32 Å². The van der Waals surface area contributed by atoms with Crippen LogP contribution in [0.1, 0.15) is 39.5 Å². The van der Waals surface area contributed by atoms with Gasteiger partial charge in [0, 0.05) is 30.5 Å². The van der Waals surface area contributed by atoms with Crippen molar-refractivity contribution in [1.29, 1.82) is 0 Å². The summed E-state index contributed by atoms with van der Waals surface area (Å²) in [5.74, 6) is -0.112. The number of hydrogen-bond acceptors (Lipinski definition) is 3. The largest absolute Gasteiger partial charge is 0.392 e. The summed E-state index contributed by atoms with van der Waals surface area (Å²) < 4.78 is 0. The Morgan fingerprint density at radius 1 is 1.42 bits per heavy atom. The lowest BCUT2D eigenvalue weighted by molar-refractivity contribution is -0.133. The molecule has 2 saturated carbocycles. The summed E-state index contributed by atoms with van der Waals surface area (Å²) in [7, 11) is 0. The number of hydrogen-bond donors (Lipinski definition) is 2. The molecule has 106 valence electrons. The first-order valence-corrected chi connectivity index (χ1v) is 7.17. The third kappa shape index (κ3) is 2.14. The quantitative estimate of drug-likeness (QED) is 0.770. The van der Waals surface area contributed by atoms with Crippen LogP contribution in [0.2, 0.25) is 0 Å². The van der Waals surface area contributed by atoms with E-state index < -0.39 is 0 Å². The number of likely N-dealkylation sites (tertiary alicyclic amines) is 1. The van der Waals surface area contributed by atoms with Crippen molar-refractivity contribution in [3.63, 3.8) is 0 Å². The fourth-order valence-corrected chi connectivity index (χ4v) is 3.08. The van der Waals surface area contributed by atoms with Crippen LogP contribution in [0.3, 0.4) is 0 Å². The summed E-state index contributed by atoms with van der Waals surface area (Å²) >= 11 is 0. The van der Waals surface area contributed by atoms with Crippen molar-refractivity contribution >= 4 is 11.8 Å². The highest BCUT2D eigenvalue weighted by Crippen LogP contribution is 2.41. The van der Waals surface area contributed by atoms with Gasteiger partial charge in [-0.15, -0.1) is 0 Å². The average molecular weight is 266 g/mol. The predicted molar refractivity (Wildman–Crippen MR) is 69.2 cm³/mol. The van der Waals surface area contributed by atoms with Gasteiger partial charge in [-0.2, -0.15) is 0 Å². The van der Waals surface area contributed by atoms with E-state index in [0.29, 0.717) is 25.4 Å². The Morgan fingerprint density at radius 3 is 2.63 bits per heavy atom. The molecule has 0 aromatic carbocycles. The number of carbonyl (C=O) groups excluding carboxylic acids is 2. The standard InChI is InChI=1S/C14H22N2O3/c1-14(2)10(6-11(14)17)15-13(19)8-5-12(18)16(7-8)9-3-4-9/h8-11,17H,3-7H2,1-2H3,(H,15,19). The van der Waals surface area contributed by atoms with Crippen LogP contribution in [0.25, 0.3) is 0 Å². The molecular formula is C14H22N2O3. The van der Waals surface area contributed by atoms with Crippen molar-refractivity contribution < 1.29 is 14.7 Å². The van der Waals surface area contributed by atoms with E-state index in [0.717, 1.165) is 12.8 Å². The molecule has 2 amide bonds. The zero-order chi connectivity index (χ0) is 13.8. The molecule has 5 nitrogen and oxygen atoms in total. The molecule has 0 radical (unpaired) electrons. The Labute approximate surface area is 113 Å². The molecule has 1 heterocycles. The molecule has 2 aliphatic carbocycles. The second-order valence-corrected chi connectivity index (χ2v) is 6.81. The first kappa shape index (κ1) is 12.9. The van der Waals surface area contributed by atoms with Crippen LogP contribution in [0, 0.1) is 11.3 Å². The van der Waals surface area contributed by atoms with Gasteiger partial charge in [0.25, 0.3) is 0 Å². The minimum absolute atomic E-state index is 0.0264. The minimum atomic E-state index is -0.342. The van der Waals surface area contributed by atoms with Crippen molar-refractivity contribution in [2.75, 3.05) is 6.54 Å². The molecule has 0 bridgehead atoms. The van der Waals surface area contributed by atoms with Crippen molar-refractivity contribution in [3.8, 4) is 0 Å². The summed E-state index contributed by atoms with van der Waals surface area (Å²) in [6.45, 7) is 4.50. The molecule has 3 fully saturated rings. The molecular weight excluding hydrogens is 244 g/mol. The van der Waals surface area contributed by atoms with Gasteiger partial charge in [-0.3, -0.25) is 9.59 Å². The third-order valence-corrected chi connectivity index (χ3v) is 5.05. The third-order valence-electron chi connectivity index (χ3n) is 5.05. The van der Waals surface area contributed by atoms with Crippen molar-refractivity contribution in [2.45, 2.75) is 57.7 Å². The Balaban J connectivity index is 1.55. The van der Waals surface area contributed by atoms with Crippen LogP contribution in [-0.4, -0.2) is 46.6 Å². The van der Waals surface area contributed by atoms with Crippen molar-refractivity contribution in [1.82, 2.24) is 10.2 Å². The maximum Gasteiger partial charge on any atom is 0.225 e. The van der Waals surface area contributed by atoms with Crippen molar-refractivity contribution in [3.05, 3.63) is 0 Å². The molecule has 0 aromatic heterocycles. The Bertz CT molecular complexity index is 417. The van der Waals surface area contributed by atoms with Crippen LogP contribution in [-0.2, 0) is 9.59 Å². The number of nitrogens with one attached hydrogen (secondary N) is 1. The molecule has 3 rings (SSSR count). The Kier molecular flexibility index (Phi) is 2.85. The molecule has 19 heavy (non-hydrogen) atoms. The second kappa shape index (κ2) is 4.20. The lowest BCUT2D eigenvalue weighted by Crippen LogP contribution is -2.61. The number of rotatable bonds is 3. The highest BCUT2D eigenvalue weighted by molar-refractivity contribution is 5.89. The summed E-state index contributed by atoms with van der Waals surface area (Å²) in [6.07, 6.45) is 2.79. The number of nitrogens with zero attached hydrogens (tertiary/aromatic N) is 1. The zero-order valence-corrected chi connectivity index (χ0v) is 11.6. The number of aliphatic hydroxyl groups is 1. The number of aliphatic hydroxyl groups excluding tert-OH is 1. The van der Waals surface area contributed by atoms with Gasteiger partial charge in [-0.25, -0.2) is 0 Å². The van der Waals surface area contributed by atoms with Crippen LogP contribution < -0.4 is 5.32 Å². The van der Waals surface area contributed by atoms with Gasteiger partial charge in [0.05, 0.1) is 12.0 Å². The van der Waals surface area contributed by atoms with Gasteiger partial charge in [-0.05, 0) is 19.3 Å². The first-order chi connectivity index (χ1) is 8.89. The van der Waals surface area contributed by atoms with Gasteiger partial charge < -0.3 is 15.3 Å². The van der Waals surface area contributed by atoms with Gasteiger partial charge in [0.15, 0.2) is 0 Å². The van der Waals surface area contributed by atoms with Crippen LogP contribution in [0.5, 0.6) is 0 Å². The first-order valence-electron chi connectivity index (χ1n) is 7.17. The topological polar surface area (TPSA) is 69.6 Å². The van der Waals surface area contributed by atoms with Crippen LogP contribution in [0.4, 0.5) is 0 Å². The fourth-order valence-electron chi connectivity index (χ4n) is 3.08. The van der Waals surface area contributed by atoms with Gasteiger partial charge in [0.1, 0.15) is 0 Å². The van der Waals surface area contributed by atoms with Gasteiger partial charge in [-0.1, -0.05) is 13.8 Å². The Hall–Kier alpha value is -1.10. The molecule has 3 atom stereocenters. The SMILES string of the molecule is CC1(C)C(O)CC1NC(=O)C1CC(=O)N(C2CC2)C1. The lowest BCUT2D eigenvalue weighted by atomic mass is 9.64. The summed E-state index contributed by atoms with van der Waals surface area (Å²) in [5.41, 5.74) is -0.256. The average Bonchev–Trinajstić information content (AvgIpc) is 3.12. The highest BCUT2D eigenvalue weighted by Gasteiger charge is 2.49. The molecule has 2 N–H and O–H groups in total. The van der Waals surface area contributed by atoms with Crippen LogP contribution >= 0.6 is 0 Å². The van der Waals surface area contributed by atoms with E-state index in [1.54, 1.807) is 0 Å². The van der Waals surface area contributed by atoms with Crippen LogP contribution in [0.15, 0.2) is 0 Å². The number of amides is 2. The molecule has 1 aliphatic heterocycles. The molecule has 0 aromatic rings. The number of carbonyl (C=O) groups is 2. The monoisotopic (exact) mass is 266 g/mol. The van der Waals surface area contributed by atoms with E-state index in [4.69, 9.17) is 0 Å². The van der Waals surface area contributed by atoms with E-state index in [1.165, 1.54) is 0 Å². The zero-order valence-electron chi connectivity index (χ0n) is 11.6. The fraction of sp³-hybridized carbons (Fsp3) is 0.857. The second-order valence-electron chi connectivity index (χ2n) is 6.81. The summed E-state index contributed by atoms with van der Waals surface area (Å²) in [5, 5.41) is 12.7. The molecule has 3 unspecified atom stereocenters. The van der Waals surface area contributed by atoms with Gasteiger partial charge >= 0.3 is 0 Å². The minimum Gasteiger partial charge on any atom is -0.392 e. The normalized spacial score (nSPS) is 37.1. The molecule has 5 heteroatoms. The van der Waals surface area contributed by atoms with E-state index >= 15 is 0 Å². The maximum absolute atomic E-state index is 12.2. The molecule has 1 saturated heterocycles. The predicted octanol–water partition coefficient (Wildman–Crippen LogP) is 0.273. The molecule has 3 aliphatic rings.